The second kappa shape index (κ2) is 11.2. The first-order chi connectivity index (χ1) is 19.1. The van der Waals surface area contributed by atoms with E-state index in [1.807, 2.05) is 0 Å². The summed E-state index contributed by atoms with van der Waals surface area (Å²) in [5.74, 6) is -2.15. The number of aromatic nitrogens is 3. The van der Waals surface area contributed by atoms with Gasteiger partial charge in [0.2, 0.25) is 11.9 Å². The standard InChI is InChI=1S/C26H26Cl2F2N6O4/c1-4-19(37)32-15-10-40-11-16(15)34-25-31-9-13-7-14(20-21(27)17(38-2)8-18(39-3)22(20)28)33-24(23(13)35-25)36-6-5-26(29,30)12-36/h4,7-9,15-16H,1,5-6,10-12H2,2-3H3,(H,32,37)(H,31,34,35)/t15-,16?/m0/s1. The molecule has 1 unspecified atom stereocenters. The summed E-state index contributed by atoms with van der Waals surface area (Å²) in [4.78, 5) is 27.1. The number of alkyl halides is 2. The van der Waals surface area contributed by atoms with Crippen LogP contribution >= 0.6 is 23.2 Å². The van der Waals surface area contributed by atoms with Crippen LogP contribution in [0.15, 0.2) is 31.0 Å². The molecule has 2 aliphatic heterocycles. The van der Waals surface area contributed by atoms with Gasteiger partial charge in [-0.05, 0) is 12.1 Å². The first kappa shape index (κ1) is 28.1. The van der Waals surface area contributed by atoms with Crippen LogP contribution < -0.4 is 25.0 Å². The smallest absolute Gasteiger partial charge is 0.266 e. The topological polar surface area (TPSA) is 111 Å². The number of halogens is 4. The van der Waals surface area contributed by atoms with Crippen molar-refractivity contribution >= 4 is 51.8 Å². The number of nitrogens with zero attached hydrogens (tertiary/aromatic N) is 4. The zero-order valence-corrected chi connectivity index (χ0v) is 23.2. The van der Waals surface area contributed by atoms with E-state index in [-0.39, 0.29) is 52.8 Å². The maximum Gasteiger partial charge on any atom is 0.266 e. The van der Waals surface area contributed by atoms with Crippen LogP contribution in [0.2, 0.25) is 10.0 Å². The van der Waals surface area contributed by atoms with E-state index in [2.05, 4.69) is 27.2 Å². The molecule has 212 valence electrons. The van der Waals surface area contributed by atoms with E-state index in [0.717, 1.165) is 0 Å². The van der Waals surface area contributed by atoms with Gasteiger partial charge in [-0.25, -0.2) is 23.7 Å². The van der Waals surface area contributed by atoms with Crippen molar-refractivity contribution in [2.45, 2.75) is 24.4 Å². The van der Waals surface area contributed by atoms with Crippen LogP contribution in [0.25, 0.3) is 22.2 Å². The summed E-state index contributed by atoms with van der Waals surface area (Å²) in [5, 5.41) is 6.88. The summed E-state index contributed by atoms with van der Waals surface area (Å²) in [5.41, 5.74) is 0.983. The van der Waals surface area contributed by atoms with Crippen LogP contribution in [0.4, 0.5) is 20.5 Å². The van der Waals surface area contributed by atoms with Gasteiger partial charge in [-0.3, -0.25) is 4.79 Å². The summed E-state index contributed by atoms with van der Waals surface area (Å²) < 4.78 is 44.9. The third-order valence-corrected chi connectivity index (χ3v) is 7.50. The molecule has 14 heteroatoms. The predicted molar refractivity (Wildman–Crippen MR) is 148 cm³/mol. The first-order valence-electron chi connectivity index (χ1n) is 12.3. The van der Waals surface area contributed by atoms with Gasteiger partial charge in [0.15, 0.2) is 5.82 Å². The van der Waals surface area contributed by atoms with Crippen molar-refractivity contribution < 1.29 is 27.8 Å². The lowest BCUT2D eigenvalue weighted by Gasteiger charge is -2.22. The highest BCUT2D eigenvalue weighted by Crippen LogP contribution is 2.46. The molecule has 0 aliphatic carbocycles. The minimum absolute atomic E-state index is 0.0698. The van der Waals surface area contributed by atoms with E-state index in [4.69, 9.17) is 42.4 Å². The fourth-order valence-corrected chi connectivity index (χ4v) is 5.41. The monoisotopic (exact) mass is 594 g/mol. The molecule has 0 radical (unpaired) electrons. The van der Waals surface area contributed by atoms with E-state index < -0.39 is 12.5 Å². The minimum atomic E-state index is -2.88. The first-order valence-corrected chi connectivity index (χ1v) is 13.1. The third kappa shape index (κ3) is 5.43. The fraction of sp³-hybridized carbons (Fsp3) is 0.385. The molecule has 3 aromatic rings. The number of fused-ring (bicyclic) bond motifs is 1. The predicted octanol–water partition coefficient (Wildman–Crippen LogP) is 4.34. The number of hydrogen-bond acceptors (Lipinski definition) is 9. The Balaban J connectivity index is 1.60. The SMILES string of the molecule is C=CC(=O)N[C@H]1COCC1Nc1ncc2cc(-c3c(Cl)c(OC)cc(OC)c3Cl)nc(N3CCC(F)(F)C3)c2n1. The number of rotatable bonds is 8. The highest BCUT2D eigenvalue weighted by atomic mass is 35.5. The Morgan fingerprint density at radius 1 is 1.18 bits per heavy atom. The normalized spacial score (nSPS) is 20.0. The molecule has 4 heterocycles. The van der Waals surface area contributed by atoms with Crippen molar-refractivity contribution in [3.8, 4) is 22.8 Å². The number of pyridine rings is 1. The molecule has 1 amide bonds. The second-order valence-electron chi connectivity index (χ2n) is 9.38. The molecule has 2 fully saturated rings. The van der Waals surface area contributed by atoms with E-state index in [1.165, 1.54) is 25.2 Å². The van der Waals surface area contributed by atoms with Crippen LogP contribution in [0.1, 0.15) is 6.42 Å². The number of benzene rings is 1. The molecule has 2 atom stereocenters. The Kier molecular flexibility index (Phi) is 7.85. The van der Waals surface area contributed by atoms with E-state index >= 15 is 0 Å². The van der Waals surface area contributed by atoms with Gasteiger partial charge in [-0.2, -0.15) is 0 Å². The molecule has 2 aromatic heterocycles. The Labute approximate surface area is 238 Å². The number of carbonyl (C=O) groups is 1. The number of ether oxygens (including phenoxy) is 3. The molecular weight excluding hydrogens is 569 g/mol. The number of anilines is 2. The lowest BCUT2D eigenvalue weighted by atomic mass is 10.1. The molecule has 0 spiro atoms. The molecule has 0 bridgehead atoms. The number of amides is 1. The molecule has 2 saturated heterocycles. The number of carbonyl (C=O) groups excluding carboxylic acids is 1. The molecule has 40 heavy (non-hydrogen) atoms. The largest absolute Gasteiger partial charge is 0.495 e. The van der Waals surface area contributed by atoms with Crippen LogP contribution in [0.5, 0.6) is 11.5 Å². The van der Waals surface area contributed by atoms with Crippen molar-refractivity contribution in [2.75, 3.05) is 50.7 Å². The van der Waals surface area contributed by atoms with E-state index in [9.17, 15) is 13.6 Å². The van der Waals surface area contributed by atoms with E-state index in [0.29, 0.717) is 46.9 Å². The van der Waals surface area contributed by atoms with Gasteiger partial charge in [-0.1, -0.05) is 29.8 Å². The summed E-state index contributed by atoms with van der Waals surface area (Å²) in [7, 11) is 2.91. The molecule has 0 saturated carbocycles. The van der Waals surface area contributed by atoms with Gasteiger partial charge >= 0.3 is 0 Å². The summed E-state index contributed by atoms with van der Waals surface area (Å²) in [6.07, 6.45) is 2.41. The van der Waals surface area contributed by atoms with Crippen molar-refractivity contribution in [1.82, 2.24) is 20.3 Å². The summed E-state index contributed by atoms with van der Waals surface area (Å²) in [6.45, 7) is 3.62. The summed E-state index contributed by atoms with van der Waals surface area (Å²) >= 11 is 13.3. The van der Waals surface area contributed by atoms with Crippen LogP contribution in [0, 0.1) is 0 Å². The Morgan fingerprint density at radius 2 is 1.88 bits per heavy atom. The van der Waals surface area contributed by atoms with Gasteiger partial charge in [-0.15, -0.1) is 0 Å². The van der Waals surface area contributed by atoms with Crippen molar-refractivity contribution in [3.63, 3.8) is 0 Å². The molecule has 2 N–H and O–H groups in total. The molecule has 10 nitrogen and oxygen atoms in total. The molecule has 5 rings (SSSR count). The highest BCUT2D eigenvalue weighted by Gasteiger charge is 2.40. The van der Waals surface area contributed by atoms with Crippen LogP contribution in [0.3, 0.4) is 0 Å². The van der Waals surface area contributed by atoms with Gasteiger partial charge in [0.25, 0.3) is 5.92 Å². The maximum atomic E-state index is 14.3. The van der Waals surface area contributed by atoms with Crippen LogP contribution in [-0.2, 0) is 9.53 Å². The number of methoxy groups -OCH3 is 2. The van der Waals surface area contributed by atoms with Crippen molar-refractivity contribution in [3.05, 3.63) is 41.0 Å². The third-order valence-electron chi connectivity index (χ3n) is 6.75. The van der Waals surface area contributed by atoms with Gasteiger partial charge < -0.3 is 29.7 Å². The average Bonchev–Trinajstić information content (AvgIpc) is 3.53. The molecule has 2 aliphatic rings. The Bertz CT molecular complexity index is 1450. The molecular formula is C26H26Cl2F2N6O4. The lowest BCUT2D eigenvalue weighted by Crippen LogP contribution is -2.45. The Hall–Kier alpha value is -3.48. The zero-order valence-electron chi connectivity index (χ0n) is 21.6. The van der Waals surface area contributed by atoms with Crippen LogP contribution in [-0.4, -0.2) is 79.4 Å². The summed E-state index contributed by atoms with van der Waals surface area (Å²) in [6, 6.07) is 2.56. The van der Waals surface area contributed by atoms with Gasteiger partial charge in [0.1, 0.15) is 17.0 Å². The lowest BCUT2D eigenvalue weighted by molar-refractivity contribution is -0.117. The highest BCUT2D eigenvalue weighted by molar-refractivity contribution is 6.41. The van der Waals surface area contributed by atoms with E-state index in [1.54, 1.807) is 18.3 Å². The quantitative estimate of drug-likeness (QED) is 0.368. The minimum Gasteiger partial charge on any atom is -0.495 e. The number of nitrogens with one attached hydrogen (secondary N) is 2. The Morgan fingerprint density at radius 3 is 2.50 bits per heavy atom. The van der Waals surface area contributed by atoms with Crippen molar-refractivity contribution in [1.29, 1.82) is 0 Å². The van der Waals surface area contributed by atoms with Gasteiger partial charge in [0, 0.05) is 36.2 Å². The fourth-order valence-electron chi connectivity index (χ4n) is 4.71. The average molecular weight is 595 g/mol. The maximum absolute atomic E-state index is 14.3. The number of hydrogen-bond donors (Lipinski definition) is 2. The molecule has 1 aromatic carbocycles. The zero-order chi connectivity index (χ0) is 28.6. The van der Waals surface area contributed by atoms with Gasteiger partial charge in [0.05, 0.1) is 61.8 Å². The van der Waals surface area contributed by atoms with Crippen molar-refractivity contribution in [2.24, 2.45) is 0 Å². The second-order valence-corrected chi connectivity index (χ2v) is 10.1.